The maximum atomic E-state index is 5.84. The molecule has 2 aromatic rings. The number of imidazole rings is 1. The van der Waals surface area contributed by atoms with Crippen molar-refractivity contribution < 1.29 is 0 Å². The zero-order valence-electron chi connectivity index (χ0n) is 10.00. The van der Waals surface area contributed by atoms with Gasteiger partial charge in [0.25, 0.3) is 0 Å². The molecule has 1 atom stereocenters. The fraction of sp³-hybridized carbons (Fsp3) is 0.545. The average molecular weight is 254 g/mol. The van der Waals surface area contributed by atoms with Crippen LogP contribution in [0.2, 0.25) is 0 Å². The number of rotatable bonds is 5. The summed E-state index contributed by atoms with van der Waals surface area (Å²) in [6.45, 7) is 4.27. The molecule has 0 bridgehead atoms. The molecule has 5 nitrogen and oxygen atoms in total. The summed E-state index contributed by atoms with van der Waals surface area (Å²) in [4.78, 5) is 15.5. The van der Waals surface area contributed by atoms with E-state index in [0.29, 0.717) is 11.5 Å². The molecular formula is C11H16ClN5. The second-order valence-corrected chi connectivity index (χ2v) is 4.68. The number of aromatic nitrogens is 4. The number of alkyl halides is 1. The molecule has 0 aliphatic heterocycles. The maximum Gasteiger partial charge on any atom is 0.182 e. The highest BCUT2D eigenvalue weighted by Crippen LogP contribution is 2.24. The maximum absolute atomic E-state index is 5.84. The Morgan fingerprint density at radius 3 is 2.94 bits per heavy atom. The molecule has 92 valence electrons. The second-order valence-electron chi connectivity index (χ2n) is 4.30. The quantitative estimate of drug-likeness (QED) is 0.804. The van der Waals surface area contributed by atoms with Gasteiger partial charge in [0, 0.05) is 11.4 Å². The standard InChI is InChI=1S/C11H16ClN5/c1-3-11(2,4-5-12)17-10-8-9(14-6-13-8)15-7-16-10/h6-7H,3-5H2,1-2H3,(H2,13,14,15,16,17). The van der Waals surface area contributed by atoms with Crippen LogP contribution in [0.1, 0.15) is 26.7 Å². The van der Waals surface area contributed by atoms with Crippen LogP contribution in [0.3, 0.4) is 0 Å². The number of aromatic amines is 1. The zero-order chi connectivity index (χ0) is 12.3. The molecule has 1 unspecified atom stereocenters. The van der Waals surface area contributed by atoms with Gasteiger partial charge in [-0.25, -0.2) is 15.0 Å². The van der Waals surface area contributed by atoms with Gasteiger partial charge in [-0.2, -0.15) is 0 Å². The fourth-order valence-electron chi connectivity index (χ4n) is 1.68. The van der Waals surface area contributed by atoms with Crippen LogP contribution in [0.5, 0.6) is 0 Å². The first-order chi connectivity index (χ1) is 8.18. The van der Waals surface area contributed by atoms with Crippen molar-refractivity contribution in [3.05, 3.63) is 12.7 Å². The van der Waals surface area contributed by atoms with E-state index in [-0.39, 0.29) is 5.54 Å². The van der Waals surface area contributed by atoms with E-state index < -0.39 is 0 Å². The van der Waals surface area contributed by atoms with Crippen molar-refractivity contribution in [1.82, 2.24) is 19.9 Å². The largest absolute Gasteiger partial charge is 0.363 e. The lowest BCUT2D eigenvalue weighted by Crippen LogP contribution is -2.35. The van der Waals surface area contributed by atoms with Crippen LogP contribution in [0.4, 0.5) is 5.82 Å². The fourth-order valence-corrected chi connectivity index (χ4v) is 2.10. The Morgan fingerprint density at radius 1 is 1.41 bits per heavy atom. The van der Waals surface area contributed by atoms with Crippen molar-refractivity contribution in [2.24, 2.45) is 0 Å². The Balaban J connectivity index is 2.31. The molecule has 17 heavy (non-hydrogen) atoms. The summed E-state index contributed by atoms with van der Waals surface area (Å²) < 4.78 is 0. The van der Waals surface area contributed by atoms with E-state index in [4.69, 9.17) is 11.6 Å². The van der Waals surface area contributed by atoms with Gasteiger partial charge in [0.2, 0.25) is 0 Å². The summed E-state index contributed by atoms with van der Waals surface area (Å²) in [5.41, 5.74) is 1.45. The van der Waals surface area contributed by atoms with Gasteiger partial charge in [0.05, 0.1) is 6.33 Å². The van der Waals surface area contributed by atoms with E-state index in [9.17, 15) is 0 Å². The normalized spacial score (nSPS) is 14.8. The number of halogens is 1. The van der Waals surface area contributed by atoms with Gasteiger partial charge in [-0.3, -0.25) is 0 Å². The first-order valence-electron chi connectivity index (χ1n) is 5.67. The number of anilines is 1. The molecule has 0 saturated heterocycles. The number of H-pyrrole nitrogens is 1. The Hall–Kier alpha value is -1.36. The molecule has 0 radical (unpaired) electrons. The molecule has 0 spiro atoms. The van der Waals surface area contributed by atoms with Crippen LogP contribution in [-0.4, -0.2) is 31.4 Å². The molecule has 0 aliphatic rings. The highest BCUT2D eigenvalue weighted by molar-refractivity contribution is 6.17. The van der Waals surface area contributed by atoms with Gasteiger partial charge < -0.3 is 10.3 Å². The Morgan fingerprint density at radius 2 is 2.24 bits per heavy atom. The van der Waals surface area contributed by atoms with E-state index >= 15 is 0 Å². The van der Waals surface area contributed by atoms with Gasteiger partial charge in [-0.15, -0.1) is 11.6 Å². The van der Waals surface area contributed by atoms with Crippen molar-refractivity contribution in [2.45, 2.75) is 32.2 Å². The number of fused-ring (bicyclic) bond motifs is 1. The van der Waals surface area contributed by atoms with Crippen molar-refractivity contribution in [3.63, 3.8) is 0 Å². The van der Waals surface area contributed by atoms with E-state index in [1.54, 1.807) is 6.33 Å². The average Bonchev–Trinajstić information content (AvgIpc) is 2.78. The van der Waals surface area contributed by atoms with Crippen LogP contribution in [0.15, 0.2) is 12.7 Å². The monoisotopic (exact) mass is 253 g/mol. The number of hydrogen-bond donors (Lipinski definition) is 2. The van der Waals surface area contributed by atoms with Crippen LogP contribution in [-0.2, 0) is 0 Å². The molecule has 2 N–H and O–H groups in total. The highest BCUT2D eigenvalue weighted by atomic mass is 35.5. The molecule has 0 aromatic carbocycles. The molecule has 2 aromatic heterocycles. The van der Waals surface area contributed by atoms with Crippen molar-refractivity contribution in [3.8, 4) is 0 Å². The molecule has 0 saturated carbocycles. The Labute approximate surface area is 105 Å². The summed E-state index contributed by atoms with van der Waals surface area (Å²) in [7, 11) is 0. The minimum atomic E-state index is -0.0614. The van der Waals surface area contributed by atoms with Gasteiger partial charge in [-0.1, -0.05) is 6.92 Å². The van der Waals surface area contributed by atoms with Gasteiger partial charge in [0.1, 0.15) is 11.8 Å². The lowest BCUT2D eigenvalue weighted by molar-refractivity contribution is 0.479. The Kier molecular flexibility index (Phi) is 3.47. The molecule has 2 rings (SSSR count). The zero-order valence-corrected chi connectivity index (χ0v) is 10.8. The predicted octanol–water partition coefficient (Wildman–Crippen LogP) is 2.56. The highest BCUT2D eigenvalue weighted by Gasteiger charge is 2.22. The number of nitrogens with zero attached hydrogens (tertiary/aromatic N) is 3. The summed E-state index contributed by atoms with van der Waals surface area (Å²) in [5.74, 6) is 1.40. The van der Waals surface area contributed by atoms with E-state index in [2.05, 4.69) is 39.1 Å². The van der Waals surface area contributed by atoms with Gasteiger partial charge in [-0.05, 0) is 19.8 Å². The minimum absolute atomic E-state index is 0.0614. The lowest BCUT2D eigenvalue weighted by Gasteiger charge is -2.29. The first kappa shape index (κ1) is 12.1. The molecule has 0 fully saturated rings. The van der Waals surface area contributed by atoms with Gasteiger partial charge >= 0.3 is 0 Å². The first-order valence-corrected chi connectivity index (χ1v) is 6.20. The van der Waals surface area contributed by atoms with Crippen LogP contribution in [0.25, 0.3) is 11.2 Å². The van der Waals surface area contributed by atoms with E-state index in [0.717, 1.165) is 24.2 Å². The van der Waals surface area contributed by atoms with E-state index in [1.165, 1.54) is 6.33 Å². The van der Waals surface area contributed by atoms with Crippen molar-refractivity contribution in [2.75, 3.05) is 11.2 Å². The summed E-state index contributed by atoms with van der Waals surface area (Å²) in [5, 5.41) is 3.43. The second kappa shape index (κ2) is 4.87. The molecular weight excluding hydrogens is 238 g/mol. The van der Waals surface area contributed by atoms with Crippen LogP contribution in [0, 0.1) is 0 Å². The topological polar surface area (TPSA) is 66.5 Å². The smallest absolute Gasteiger partial charge is 0.182 e. The summed E-state index contributed by atoms with van der Waals surface area (Å²) in [6.07, 6.45) is 4.99. The number of hydrogen-bond acceptors (Lipinski definition) is 4. The van der Waals surface area contributed by atoms with Crippen molar-refractivity contribution >= 4 is 28.6 Å². The molecule has 2 heterocycles. The molecule has 6 heteroatoms. The SMILES string of the molecule is CCC(C)(CCCl)Nc1ncnc2nc[nH]c12. The summed E-state index contributed by atoms with van der Waals surface area (Å²) in [6, 6.07) is 0. The third-order valence-corrected chi connectivity index (χ3v) is 3.26. The number of nitrogens with one attached hydrogen (secondary N) is 2. The van der Waals surface area contributed by atoms with Crippen molar-refractivity contribution in [1.29, 1.82) is 0 Å². The third-order valence-electron chi connectivity index (χ3n) is 3.07. The summed E-state index contributed by atoms with van der Waals surface area (Å²) >= 11 is 5.84. The molecule has 0 amide bonds. The Bertz CT molecular complexity index is 497. The molecule has 0 aliphatic carbocycles. The third kappa shape index (κ3) is 2.49. The van der Waals surface area contributed by atoms with E-state index in [1.807, 2.05) is 0 Å². The van der Waals surface area contributed by atoms with Gasteiger partial charge in [0.15, 0.2) is 11.5 Å². The predicted molar refractivity (Wildman–Crippen MR) is 69.3 cm³/mol. The van der Waals surface area contributed by atoms with Crippen LogP contribution < -0.4 is 5.32 Å². The lowest BCUT2D eigenvalue weighted by atomic mass is 9.95. The van der Waals surface area contributed by atoms with Crippen LogP contribution >= 0.6 is 11.6 Å². The minimum Gasteiger partial charge on any atom is -0.363 e.